The summed E-state index contributed by atoms with van der Waals surface area (Å²) in [5, 5.41) is 4.11. The summed E-state index contributed by atoms with van der Waals surface area (Å²) in [6, 6.07) is 30.0. The molecule has 101 valence electrons. The van der Waals surface area contributed by atoms with Crippen LogP contribution in [0.3, 0.4) is 0 Å². The van der Waals surface area contributed by atoms with Crippen molar-refractivity contribution in [3.05, 3.63) is 89.4 Å². The molecule has 0 spiro atoms. The molecule has 0 amide bonds. The van der Waals surface area contributed by atoms with Gasteiger partial charge in [0, 0.05) is 12.9 Å². The molecule has 3 radical (unpaired) electrons. The van der Waals surface area contributed by atoms with Crippen molar-refractivity contribution in [1.29, 1.82) is 0 Å². The van der Waals surface area contributed by atoms with Crippen LogP contribution in [-0.4, -0.2) is 8.41 Å². The van der Waals surface area contributed by atoms with E-state index in [-0.39, 0.29) is 8.41 Å². The summed E-state index contributed by atoms with van der Waals surface area (Å²) < 4.78 is 1.18. The van der Waals surface area contributed by atoms with Crippen molar-refractivity contribution in [2.45, 2.75) is 0 Å². The van der Waals surface area contributed by atoms with Gasteiger partial charge in [-0.3, -0.25) is 0 Å². The Hall–Kier alpha value is -1.37. The maximum atomic E-state index is 3.71. The molecule has 0 saturated heterocycles. The standard InChI is InChI=1S/C18H14BrP.B/c19-17-13-7-8-14-18(17)20(15-9-3-1-4-10-15)16-11-5-2-6-12-16;/h1-14H;. The van der Waals surface area contributed by atoms with Gasteiger partial charge in [-0.2, -0.15) is 0 Å². The van der Waals surface area contributed by atoms with Gasteiger partial charge in [0.05, 0.1) is 0 Å². The molecule has 0 aliphatic carbocycles. The zero-order valence-corrected chi connectivity index (χ0v) is 14.0. The molecule has 3 aromatic rings. The molecule has 0 nitrogen and oxygen atoms in total. The molecule has 21 heavy (non-hydrogen) atoms. The molecule has 0 aliphatic heterocycles. The smallest absolute Gasteiger partial charge is 0.0258 e. The Kier molecular flexibility index (Phi) is 5.79. The lowest BCUT2D eigenvalue weighted by atomic mass is 10.4. The summed E-state index contributed by atoms with van der Waals surface area (Å²) >= 11 is 3.71. The average Bonchev–Trinajstić information content (AvgIpc) is 2.52. The molecule has 3 heteroatoms. The lowest BCUT2D eigenvalue weighted by molar-refractivity contribution is 1.70. The largest absolute Gasteiger partial charge is 0.0622 e. The van der Waals surface area contributed by atoms with Crippen molar-refractivity contribution in [2.75, 3.05) is 0 Å². The summed E-state index contributed by atoms with van der Waals surface area (Å²) in [6.07, 6.45) is 0. The minimum atomic E-state index is -0.514. The molecule has 0 N–H and O–H groups in total. The van der Waals surface area contributed by atoms with E-state index in [4.69, 9.17) is 0 Å². The molecular formula is C18H14BBrP. The van der Waals surface area contributed by atoms with Crippen molar-refractivity contribution in [3.63, 3.8) is 0 Å². The second-order valence-corrected chi connectivity index (χ2v) is 7.50. The fourth-order valence-electron chi connectivity index (χ4n) is 2.21. The van der Waals surface area contributed by atoms with Crippen molar-refractivity contribution in [2.24, 2.45) is 0 Å². The number of benzene rings is 3. The fourth-order valence-corrected chi connectivity index (χ4v) is 5.35. The van der Waals surface area contributed by atoms with Crippen LogP contribution in [0.4, 0.5) is 0 Å². The predicted octanol–water partition coefficient (Wildman–Crippen LogP) is 3.83. The van der Waals surface area contributed by atoms with Gasteiger partial charge in [0.25, 0.3) is 0 Å². The molecule has 0 aliphatic rings. The van der Waals surface area contributed by atoms with Crippen LogP contribution in [0.1, 0.15) is 0 Å². The topological polar surface area (TPSA) is 0 Å². The maximum Gasteiger partial charge on any atom is 0.0258 e. The van der Waals surface area contributed by atoms with Gasteiger partial charge in [-0.15, -0.1) is 0 Å². The highest BCUT2D eigenvalue weighted by atomic mass is 79.9. The van der Waals surface area contributed by atoms with Gasteiger partial charge in [-0.1, -0.05) is 94.8 Å². The van der Waals surface area contributed by atoms with Crippen LogP contribution >= 0.6 is 23.9 Å². The second kappa shape index (κ2) is 7.59. The lowest BCUT2D eigenvalue weighted by Crippen LogP contribution is -2.21. The van der Waals surface area contributed by atoms with Crippen molar-refractivity contribution < 1.29 is 0 Å². The van der Waals surface area contributed by atoms with E-state index in [1.165, 1.54) is 20.4 Å². The third-order valence-electron chi connectivity index (χ3n) is 3.12. The van der Waals surface area contributed by atoms with E-state index >= 15 is 0 Å². The number of hydrogen-bond donors (Lipinski definition) is 0. The zero-order chi connectivity index (χ0) is 13.8. The molecule has 0 bridgehead atoms. The first kappa shape index (κ1) is 16.0. The van der Waals surface area contributed by atoms with E-state index in [2.05, 4.69) is 101 Å². The van der Waals surface area contributed by atoms with E-state index in [1.54, 1.807) is 0 Å². The molecule has 0 heterocycles. The zero-order valence-electron chi connectivity index (χ0n) is 11.5. The highest BCUT2D eigenvalue weighted by Crippen LogP contribution is 2.35. The molecule has 3 rings (SSSR count). The van der Waals surface area contributed by atoms with Gasteiger partial charge >= 0.3 is 0 Å². The summed E-state index contributed by atoms with van der Waals surface area (Å²) in [7, 11) is -0.514. The van der Waals surface area contributed by atoms with Crippen LogP contribution < -0.4 is 15.9 Å². The quantitative estimate of drug-likeness (QED) is 0.497. The normalized spacial score (nSPS) is 10.2. The van der Waals surface area contributed by atoms with Crippen molar-refractivity contribution >= 4 is 48.2 Å². The van der Waals surface area contributed by atoms with Crippen LogP contribution in [0.5, 0.6) is 0 Å². The molecule has 3 aromatic carbocycles. The molecular weight excluding hydrogens is 338 g/mol. The van der Waals surface area contributed by atoms with Crippen LogP contribution in [0.2, 0.25) is 0 Å². The highest BCUT2D eigenvalue weighted by Gasteiger charge is 2.17. The van der Waals surface area contributed by atoms with E-state index in [0.29, 0.717) is 0 Å². The van der Waals surface area contributed by atoms with Crippen LogP contribution in [-0.2, 0) is 0 Å². The number of rotatable bonds is 3. The Bertz CT molecular complexity index is 646. The van der Waals surface area contributed by atoms with E-state index in [1.807, 2.05) is 0 Å². The van der Waals surface area contributed by atoms with Crippen LogP contribution in [0.25, 0.3) is 0 Å². The van der Waals surface area contributed by atoms with E-state index < -0.39 is 7.92 Å². The van der Waals surface area contributed by atoms with Gasteiger partial charge in [-0.05, 0) is 29.9 Å². The molecule has 0 aromatic heterocycles. The second-order valence-electron chi connectivity index (χ2n) is 4.46. The summed E-state index contributed by atoms with van der Waals surface area (Å²) in [4.78, 5) is 0. The van der Waals surface area contributed by atoms with Crippen molar-refractivity contribution in [1.82, 2.24) is 0 Å². The van der Waals surface area contributed by atoms with Gasteiger partial charge in [0.1, 0.15) is 0 Å². The summed E-state index contributed by atoms with van der Waals surface area (Å²) in [6.45, 7) is 0. The predicted molar refractivity (Wildman–Crippen MR) is 98.6 cm³/mol. The Balaban J connectivity index is 0.00000161. The third-order valence-corrected chi connectivity index (χ3v) is 6.62. The Morgan fingerprint density at radius 2 is 1.00 bits per heavy atom. The molecule has 0 saturated carbocycles. The SMILES string of the molecule is Brc1ccccc1P(c1ccccc1)c1ccccc1.[B]. The molecule has 0 unspecified atom stereocenters. The first-order valence-electron chi connectivity index (χ1n) is 6.51. The molecule has 0 fully saturated rings. The minimum Gasteiger partial charge on any atom is -0.0622 e. The van der Waals surface area contributed by atoms with E-state index in [9.17, 15) is 0 Å². The number of halogens is 1. The maximum absolute atomic E-state index is 3.71. The fraction of sp³-hybridized carbons (Fsp3) is 0. The summed E-state index contributed by atoms with van der Waals surface area (Å²) in [5.41, 5.74) is 0. The summed E-state index contributed by atoms with van der Waals surface area (Å²) in [5.74, 6) is 0. The Morgan fingerprint density at radius 1 is 0.571 bits per heavy atom. The van der Waals surface area contributed by atoms with Gasteiger partial charge in [0.15, 0.2) is 0 Å². The molecule has 0 atom stereocenters. The van der Waals surface area contributed by atoms with Gasteiger partial charge < -0.3 is 0 Å². The third kappa shape index (κ3) is 3.64. The highest BCUT2D eigenvalue weighted by molar-refractivity contribution is 9.10. The monoisotopic (exact) mass is 351 g/mol. The van der Waals surface area contributed by atoms with Crippen LogP contribution in [0, 0.1) is 0 Å². The van der Waals surface area contributed by atoms with Gasteiger partial charge in [-0.25, -0.2) is 0 Å². The first-order valence-corrected chi connectivity index (χ1v) is 8.64. The van der Waals surface area contributed by atoms with Gasteiger partial charge in [0.2, 0.25) is 0 Å². The first-order chi connectivity index (χ1) is 9.86. The Morgan fingerprint density at radius 3 is 1.48 bits per heavy atom. The average molecular weight is 352 g/mol. The Labute approximate surface area is 137 Å². The van der Waals surface area contributed by atoms with E-state index in [0.717, 1.165) is 0 Å². The minimum absolute atomic E-state index is 0. The number of hydrogen-bond acceptors (Lipinski definition) is 0. The lowest BCUT2D eigenvalue weighted by Gasteiger charge is -2.20. The van der Waals surface area contributed by atoms with Crippen LogP contribution in [0.15, 0.2) is 89.4 Å². The van der Waals surface area contributed by atoms with Crippen molar-refractivity contribution in [3.8, 4) is 0 Å².